The molecule has 0 aromatic rings. The summed E-state index contributed by atoms with van der Waals surface area (Å²) in [7, 11) is 0. The van der Waals surface area contributed by atoms with Crippen molar-refractivity contribution in [2.24, 2.45) is 0 Å². The van der Waals surface area contributed by atoms with Gasteiger partial charge in [0, 0.05) is 4.75 Å². The summed E-state index contributed by atoms with van der Waals surface area (Å²) in [6, 6.07) is -0.679. The molecule has 1 fully saturated rings. The van der Waals surface area contributed by atoms with E-state index in [2.05, 4.69) is 5.32 Å². The molecule has 1 aliphatic heterocycles. The van der Waals surface area contributed by atoms with Gasteiger partial charge in [0.25, 0.3) is 0 Å². The van der Waals surface area contributed by atoms with Crippen LogP contribution >= 0.6 is 11.8 Å². The average Bonchev–Trinajstić information content (AvgIpc) is 2.22. The molecule has 2 unspecified atom stereocenters. The number of aliphatic carboxylic acids is 1. The van der Waals surface area contributed by atoms with E-state index >= 15 is 0 Å². The van der Waals surface area contributed by atoms with E-state index < -0.39 is 21.6 Å². The first-order valence-corrected chi connectivity index (χ1v) is 5.22. The predicted octanol–water partition coefficient (Wildman–Crippen LogP) is 0.860. The summed E-state index contributed by atoms with van der Waals surface area (Å²) < 4.78 is -0.466. The van der Waals surface area contributed by atoms with E-state index in [9.17, 15) is 9.59 Å². The van der Waals surface area contributed by atoms with Crippen LogP contribution in [-0.2, 0) is 9.59 Å². The first kappa shape index (κ1) is 11.5. The van der Waals surface area contributed by atoms with Crippen LogP contribution in [0.3, 0.4) is 0 Å². The van der Waals surface area contributed by atoms with Gasteiger partial charge in [-0.2, -0.15) is 0 Å². The summed E-state index contributed by atoms with van der Waals surface area (Å²) in [6.45, 7) is 6.86. The smallest absolute Gasteiger partial charge is 0.322 e. The standard InChI is InChI=1S/C9H15NO3S/c1-5(11)9(4)10-6(7(12)13)8(2,3)14-9/h6,10H,1-4H3,(H,12,13). The molecule has 0 radical (unpaired) electrons. The first-order valence-electron chi connectivity index (χ1n) is 4.41. The maximum atomic E-state index is 11.3. The molecular weight excluding hydrogens is 202 g/mol. The number of carboxylic acids is 1. The van der Waals surface area contributed by atoms with Crippen LogP contribution in [0.15, 0.2) is 0 Å². The number of carbonyl (C=O) groups is 2. The molecule has 80 valence electrons. The zero-order chi connectivity index (χ0) is 11.1. The van der Waals surface area contributed by atoms with Gasteiger partial charge in [-0.1, -0.05) is 0 Å². The molecule has 0 spiro atoms. The van der Waals surface area contributed by atoms with Crippen molar-refractivity contribution in [3.63, 3.8) is 0 Å². The number of rotatable bonds is 2. The van der Waals surface area contributed by atoms with Crippen molar-refractivity contribution in [3.8, 4) is 0 Å². The highest BCUT2D eigenvalue weighted by atomic mass is 32.2. The van der Waals surface area contributed by atoms with E-state index in [1.165, 1.54) is 18.7 Å². The van der Waals surface area contributed by atoms with E-state index in [1.807, 2.05) is 13.8 Å². The molecule has 14 heavy (non-hydrogen) atoms. The predicted molar refractivity (Wildman–Crippen MR) is 55.3 cm³/mol. The number of thioether (sulfide) groups is 1. The second-order valence-corrected chi connectivity index (χ2v) is 6.28. The van der Waals surface area contributed by atoms with Gasteiger partial charge in [0.1, 0.15) is 10.9 Å². The monoisotopic (exact) mass is 217 g/mol. The summed E-state index contributed by atoms with van der Waals surface area (Å²) >= 11 is 1.37. The Morgan fingerprint density at radius 2 is 1.86 bits per heavy atom. The molecule has 1 heterocycles. The molecular formula is C9H15NO3S. The Labute approximate surface area is 87.4 Å². The van der Waals surface area contributed by atoms with Crippen molar-refractivity contribution in [1.82, 2.24) is 5.32 Å². The third-order valence-electron chi connectivity index (χ3n) is 2.50. The van der Waals surface area contributed by atoms with Crippen LogP contribution in [0.5, 0.6) is 0 Å². The number of hydrogen-bond acceptors (Lipinski definition) is 4. The van der Waals surface area contributed by atoms with Gasteiger partial charge in [-0.05, 0) is 27.7 Å². The zero-order valence-electron chi connectivity index (χ0n) is 8.75. The van der Waals surface area contributed by atoms with Gasteiger partial charge in [-0.15, -0.1) is 11.8 Å². The molecule has 1 saturated heterocycles. The van der Waals surface area contributed by atoms with Crippen molar-refractivity contribution < 1.29 is 14.7 Å². The van der Waals surface area contributed by atoms with Crippen molar-refractivity contribution >= 4 is 23.5 Å². The fourth-order valence-corrected chi connectivity index (χ4v) is 3.25. The van der Waals surface area contributed by atoms with Gasteiger partial charge in [-0.3, -0.25) is 14.9 Å². The highest BCUT2D eigenvalue weighted by molar-refractivity contribution is 8.03. The topological polar surface area (TPSA) is 66.4 Å². The fraction of sp³-hybridized carbons (Fsp3) is 0.778. The Kier molecular flexibility index (Phi) is 2.67. The minimum Gasteiger partial charge on any atom is -0.480 e. The zero-order valence-corrected chi connectivity index (χ0v) is 9.57. The van der Waals surface area contributed by atoms with Crippen LogP contribution in [0.1, 0.15) is 27.7 Å². The largest absolute Gasteiger partial charge is 0.480 e. The highest BCUT2D eigenvalue weighted by Gasteiger charge is 2.53. The van der Waals surface area contributed by atoms with Gasteiger partial charge in [-0.25, -0.2) is 0 Å². The van der Waals surface area contributed by atoms with E-state index in [0.29, 0.717) is 0 Å². The Morgan fingerprint density at radius 1 is 1.36 bits per heavy atom. The minimum absolute atomic E-state index is 0.0423. The molecule has 0 aromatic carbocycles. The molecule has 5 heteroatoms. The number of ketones is 1. The summed E-state index contributed by atoms with van der Waals surface area (Å²) in [4.78, 5) is 21.5. The van der Waals surface area contributed by atoms with Gasteiger partial charge in [0.15, 0.2) is 5.78 Å². The lowest BCUT2D eigenvalue weighted by molar-refractivity contribution is -0.140. The van der Waals surface area contributed by atoms with E-state index in [0.717, 1.165) is 0 Å². The fourth-order valence-electron chi connectivity index (χ4n) is 1.60. The molecule has 0 aromatic heterocycles. The van der Waals surface area contributed by atoms with Gasteiger partial charge in [0.05, 0.1) is 0 Å². The summed E-state index contributed by atoms with van der Waals surface area (Å²) in [5.41, 5.74) is 0. The van der Waals surface area contributed by atoms with Crippen molar-refractivity contribution in [3.05, 3.63) is 0 Å². The molecule has 0 amide bonds. The molecule has 0 aliphatic carbocycles. The van der Waals surface area contributed by atoms with E-state index in [1.54, 1.807) is 6.92 Å². The van der Waals surface area contributed by atoms with Crippen LogP contribution < -0.4 is 5.32 Å². The van der Waals surface area contributed by atoms with E-state index in [4.69, 9.17) is 5.11 Å². The third kappa shape index (κ3) is 1.79. The molecule has 1 aliphatic rings. The summed E-state index contributed by atoms with van der Waals surface area (Å²) in [5, 5.41) is 11.8. The SMILES string of the molecule is CC(=O)C1(C)NC(C(=O)O)C(C)(C)S1. The normalized spacial score (nSPS) is 35.6. The van der Waals surface area contributed by atoms with Crippen molar-refractivity contribution in [2.75, 3.05) is 0 Å². The minimum atomic E-state index is -0.910. The number of hydrogen-bond donors (Lipinski definition) is 2. The summed E-state index contributed by atoms with van der Waals surface area (Å²) in [5.74, 6) is -0.952. The molecule has 0 saturated carbocycles. The number of carboxylic acid groups (broad SMARTS) is 1. The lowest BCUT2D eigenvalue weighted by Gasteiger charge is -2.22. The van der Waals surface area contributed by atoms with Crippen LogP contribution in [-0.4, -0.2) is 32.5 Å². The van der Waals surface area contributed by atoms with Crippen molar-refractivity contribution in [1.29, 1.82) is 0 Å². The average molecular weight is 217 g/mol. The third-order valence-corrected chi connectivity index (χ3v) is 4.08. The van der Waals surface area contributed by atoms with Crippen LogP contribution in [0.25, 0.3) is 0 Å². The lowest BCUT2D eigenvalue weighted by atomic mass is 10.0. The quantitative estimate of drug-likeness (QED) is 0.718. The summed E-state index contributed by atoms with van der Waals surface area (Å²) in [6.07, 6.45) is 0. The maximum absolute atomic E-state index is 11.3. The van der Waals surface area contributed by atoms with Gasteiger partial charge in [0.2, 0.25) is 0 Å². The lowest BCUT2D eigenvalue weighted by Crippen LogP contribution is -2.50. The second-order valence-electron chi connectivity index (χ2n) is 4.21. The molecule has 4 nitrogen and oxygen atoms in total. The molecule has 0 bridgehead atoms. The van der Waals surface area contributed by atoms with Gasteiger partial charge >= 0.3 is 5.97 Å². The molecule has 2 N–H and O–H groups in total. The first-order chi connectivity index (χ1) is 6.19. The van der Waals surface area contributed by atoms with Gasteiger partial charge < -0.3 is 5.11 Å². The highest BCUT2D eigenvalue weighted by Crippen LogP contribution is 2.44. The van der Waals surface area contributed by atoms with E-state index in [-0.39, 0.29) is 5.78 Å². The Morgan fingerprint density at radius 3 is 2.07 bits per heavy atom. The van der Waals surface area contributed by atoms with Crippen LogP contribution in [0, 0.1) is 0 Å². The number of nitrogens with one attached hydrogen (secondary N) is 1. The second kappa shape index (κ2) is 3.24. The number of Topliss-reactive ketones (excluding diaryl/α,β-unsaturated/α-hetero) is 1. The van der Waals surface area contributed by atoms with Crippen molar-refractivity contribution in [2.45, 2.75) is 43.4 Å². The molecule has 1 rings (SSSR count). The Balaban J connectivity index is 2.97. The van der Waals surface area contributed by atoms with Crippen LogP contribution in [0.4, 0.5) is 0 Å². The Hall–Kier alpha value is -0.550. The maximum Gasteiger partial charge on any atom is 0.322 e. The van der Waals surface area contributed by atoms with Crippen LogP contribution in [0.2, 0.25) is 0 Å². The Bertz CT molecular complexity index is 290. The molecule has 2 atom stereocenters. The number of carbonyl (C=O) groups excluding carboxylic acids is 1.